The molecule has 0 aliphatic heterocycles. The fraction of sp³-hybridized carbons (Fsp3) is 0.250. The second kappa shape index (κ2) is 7.82. The summed E-state index contributed by atoms with van der Waals surface area (Å²) in [6.07, 6.45) is 4.02. The number of hydrogen-bond acceptors (Lipinski definition) is 1. The van der Waals surface area contributed by atoms with Crippen LogP contribution in [0.2, 0.25) is 24.7 Å². The SMILES string of the molecule is CN(C/C=C/c1ccccc1)C(=O)c1c(Cl)cccc1[Si](C)(C)C. The molecule has 2 aromatic rings. The maximum Gasteiger partial charge on any atom is 0.255 e. The number of benzene rings is 2. The smallest absolute Gasteiger partial charge is 0.255 e. The van der Waals surface area contributed by atoms with Crippen LogP contribution in [0, 0.1) is 0 Å². The summed E-state index contributed by atoms with van der Waals surface area (Å²) in [7, 11) is 0.163. The van der Waals surface area contributed by atoms with Crippen LogP contribution in [0.5, 0.6) is 0 Å². The van der Waals surface area contributed by atoms with E-state index < -0.39 is 8.07 Å². The first kappa shape index (κ1) is 18.5. The highest BCUT2D eigenvalue weighted by Gasteiger charge is 2.26. The molecule has 0 fully saturated rings. The van der Waals surface area contributed by atoms with Gasteiger partial charge in [0.05, 0.1) is 18.7 Å². The fourth-order valence-corrected chi connectivity index (χ4v) is 4.47. The summed E-state index contributed by atoms with van der Waals surface area (Å²) in [5, 5.41) is 1.65. The van der Waals surface area contributed by atoms with Gasteiger partial charge in [-0.15, -0.1) is 0 Å². The Morgan fingerprint density at radius 1 is 1.08 bits per heavy atom. The average molecular weight is 358 g/mol. The predicted molar refractivity (Wildman–Crippen MR) is 107 cm³/mol. The van der Waals surface area contributed by atoms with Gasteiger partial charge in [0, 0.05) is 13.6 Å². The number of rotatable bonds is 5. The topological polar surface area (TPSA) is 20.3 Å². The normalized spacial score (nSPS) is 11.7. The lowest BCUT2D eigenvalue weighted by Gasteiger charge is -2.24. The number of amides is 1. The summed E-state index contributed by atoms with van der Waals surface area (Å²) in [5.41, 5.74) is 1.79. The van der Waals surface area contributed by atoms with Crippen LogP contribution in [-0.2, 0) is 0 Å². The van der Waals surface area contributed by atoms with Crippen LogP contribution in [0.1, 0.15) is 15.9 Å². The summed E-state index contributed by atoms with van der Waals surface area (Å²) in [4.78, 5) is 14.6. The molecular weight excluding hydrogens is 334 g/mol. The molecule has 0 heterocycles. The standard InChI is InChI=1S/C20H24ClNOSi/c1-22(15-9-12-16-10-6-5-7-11-16)20(23)19-17(21)13-8-14-18(19)24(2,3)4/h5-14H,15H2,1-4H3/b12-9+. The van der Waals surface area contributed by atoms with Crippen molar-refractivity contribution in [1.82, 2.24) is 4.90 Å². The van der Waals surface area contributed by atoms with Crippen molar-refractivity contribution in [2.45, 2.75) is 19.6 Å². The number of carbonyl (C=O) groups is 1. The summed E-state index contributed by atoms with van der Waals surface area (Å²) >= 11 is 6.36. The molecule has 0 N–H and O–H groups in total. The van der Waals surface area contributed by atoms with E-state index in [1.54, 1.807) is 11.0 Å². The first-order valence-electron chi connectivity index (χ1n) is 8.07. The van der Waals surface area contributed by atoms with E-state index in [4.69, 9.17) is 11.6 Å². The lowest BCUT2D eigenvalue weighted by molar-refractivity contribution is 0.0811. The Hall–Kier alpha value is -1.84. The van der Waals surface area contributed by atoms with E-state index in [2.05, 4.69) is 19.6 Å². The van der Waals surface area contributed by atoms with Gasteiger partial charge in [-0.05, 0) is 16.8 Å². The van der Waals surface area contributed by atoms with Crippen molar-refractivity contribution in [3.8, 4) is 0 Å². The Morgan fingerprint density at radius 2 is 1.75 bits per heavy atom. The summed E-state index contributed by atoms with van der Waals surface area (Å²) in [5.74, 6) is -0.0178. The molecule has 0 aliphatic carbocycles. The zero-order valence-electron chi connectivity index (χ0n) is 14.7. The van der Waals surface area contributed by atoms with Crippen LogP contribution in [0.4, 0.5) is 0 Å². The molecule has 1 amide bonds. The molecule has 24 heavy (non-hydrogen) atoms. The first-order valence-corrected chi connectivity index (χ1v) is 11.9. The van der Waals surface area contributed by atoms with Crippen LogP contribution in [0.3, 0.4) is 0 Å². The maximum atomic E-state index is 12.9. The van der Waals surface area contributed by atoms with E-state index in [1.165, 1.54) is 0 Å². The number of likely N-dealkylation sites (N-methyl/N-ethyl adjacent to an activating group) is 1. The quantitative estimate of drug-likeness (QED) is 0.712. The molecule has 2 aromatic carbocycles. The highest BCUT2D eigenvalue weighted by atomic mass is 35.5. The highest BCUT2D eigenvalue weighted by Crippen LogP contribution is 2.19. The summed E-state index contributed by atoms with van der Waals surface area (Å²) in [6, 6.07) is 15.8. The average Bonchev–Trinajstić information content (AvgIpc) is 2.54. The van der Waals surface area contributed by atoms with Gasteiger partial charge in [-0.25, -0.2) is 0 Å². The van der Waals surface area contributed by atoms with E-state index in [0.29, 0.717) is 17.1 Å². The third-order valence-electron chi connectivity index (χ3n) is 3.87. The van der Waals surface area contributed by atoms with Crippen molar-refractivity contribution < 1.29 is 4.79 Å². The van der Waals surface area contributed by atoms with Crippen LogP contribution in [0.25, 0.3) is 6.08 Å². The molecule has 4 heteroatoms. The third kappa shape index (κ3) is 4.59. The number of nitrogens with zero attached hydrogens (tertiary/aromatic N) is 1. The Balaban J connectivity index is 2.18. The Bertz CT molecular complexity index is 735. The minimum absolute atomic E-state index is 0.0178. The lowest BCUT2D eigenvalue weighted by Crippen LogP contribution is -2.44. The largest absolute Gasteiger partial charge is 0.338 e. The van der Waals surface area contributed by atoms with Gasteiger partial charge in [-0.3, -0.25) is 4.79 Å². The molecule has 126 valence electrons. The van der Waals surface area contributed by atoms with Crippen LogP contribution in [-0.4, -0.2) is 32.5 Å². The van der Waals surface area contributed by atoms with Crippen molar-refractivity contribution in [1.29, 1.82) is 0 Å². The molecule has 0 saturated carbocycles. The molecule has 0 aliphatic rings. The maximum absolute atomic E-state index is 12.9. The van der Waals surface area contributed by atoms with Gasteiger partial charge in [0.1, 0.15) is 0 Å². The molecule has 2 nitrogen and oxygen atoms in total. The zero-order chi connectivity index (χ0) is 17.7. The third-order valence-corrected chi connectivity index (χ3v) is 6.22. The van der Waals surface area contributed by atoms with Crippen molar-refractivity contribution in [2.24, 2.45) is 0 Å². The minimum Gasteiger partial charge on any atom is -0.338 e. The second-order valence-electron chi connectivity index (χ2n) is 6.91. The van der Waals surface area contributed by atoms with Crippen LogP contribution in [0.15, 0.2) is 54.6 Å². The monoisotopic (exact) mass is 357 g/mol. The number of halogens is 1. The Morgan fingerprint density at radius 3 is 2.38 bits per heavy atom. The van der Waals surface area contributed by atoms with Crippen molar-refractivity contribution >= 4 is 36.8 Å². The van der Waals surface area contributed by atoms with Gasteiger partial charge in [0.2, 0.25) is 0 Å². The molecule has 0 spiro atoms. The van der Waals surface area contributed by atoms with Crippen molar-refractivity contribution in [3.05, 3.63) is 70.8 Å². The summed E-state index contributed by atoms with van der Waals surface area (Å²) < 4.78 is 0. The molecule has 0 saturated heterocycles. The number of carbonyl (C=O) groups excluding carboxylic acids is 1. The Labute approximate surface area is 150 Å². The van der Waals surface area contributed by atoms with E-state index in [1.807, 2.05) is 61.7 Å². The first-order chi connectivity index (χ1) is 11.3. The van der Waals surface area contributed by atoms with Crippen molar-refractivity contribution in [3.63, 3.8) is 0 Å². The fourth-order valence-electron chi connectivity index (χ4n) is 2.55. The van der Waals surface area contributed by atoms with Gasteiger partial charge < -0.3 is 4.90 Å². The van der Waals surface area contributed by atoms with Gasteiger partial charge in [-0.1, -0.05) is 85.9 Å². The van der Waals surface area contributed by atoms with E-state index in [9.17, 15) is 4.79 Å². The molecule has 0 aromatic heterocycles. The van der Waals surface area contributed by atoms with Crippen LogP contribution < -0.4 is 5.19 Å². The predicted octanol–water partition coefficient (Wildman–Crippen LogP) is 4.67. The minimum atomic E-state index is -1.65. The van der Waals surface area contributed by atoms with E-state index in [0.717, 1.165) is 10.8 Å². The molecular formula is C20H24ClNOSi. The number of hydrogen-bond donors (Lipinski definition) is 0. The van der Waals surface area contributed by atoms with Gasteiger partial charge in [0.25, 0.3) is 5.91 Å². The van der Waals surface area contributed by atoms with Gasteiger partial charge in [0.15, 0.2) is 0 Å². The molecule has 0 atom stereocenters. The van der Waals surface area contributed by atoms with Gasteiger partial charge in [-0.2, -0.15) is 0 Å². The summed E-state index contributed by atoms with van der Waals surface area (Å²) in [6.45, 7) is 7.23. The molecule has 0 unspecified atom stereocenters. The Kier molecular flexibility index (Phi) is 6.03. The molecule has 2 rings (SSSR count). The van der Waals surface area contributed by atoms with Crippen LogP contribution >= 0.6 is 11.6 Å². The zero-order valence-corrected chi connectivity index (χ0v) is 16.5. The van der Waals surface area contributed by atoms with Crippen molar-refractivity contribution in [2.75, 3.05) is 13.6 Å². The second-order valence-corrected chi connectivity index (χ2v) is 12.4. The lowest BCUT2D eigenvalue weighted by atomic mass is 10.2. The highest BCUT2D eigenvalue weighted by molar-refractivity contribution is 6.89. The molecule has 0 bridgehead atoms. The van der Waals surface area contributed by atoms with E-state index in [-0.39, 0.29) is 5.91 Å². The molecule has 0 radical (unpaired) electrons. The van der Waals surface area contributed by atoms with E-state index >= 15 is 0 Å². The van der Waals surface area contributed by atoms with Gasteiger partial charge >= 0.3 is 0 Å².